The molecular formula is C16H20N2O. The summed E-state index contributed by atoms with van der Waals surface area (Å²) >= 11 is 0. The van der Waals surface area contributed by atoms with Crippen LogP contribution in [0.2, 0.25) is 0 Å². The Kier molecular flexibility index (Phi) is 2.75. The van der Waals surface area contributed by atoms with Crippen molar-refractivity contribution in [3.63, 3.8) is 0 Å². The molecule has 3 heteroatoms. The van der Waals surface area contributed by atoms with Gasteiger partial charge in [0.15, 0.2) is 0 Å². The molecule has 1 aromatic carbocycles. The van der Waals surface area contributed by atoms with Crippen LogP contribution >= 0.6 is 0 Å². The van der Waals surface area contributed by atoms with E-state index in [1.807, 2.05) is 29.9 Å². The van der Waals surface area contributed by atoms with Crippen molar-refractivity contribution >= 4 is 0 Å². The molecular weight excluding hydrogens is 236 g/mol. The van der Waals surface area contributed by atoms with Crippen molar-refractivity contribution in [1.29, 1.82) is 0 Å². The molecule has 1 aliphatic carbocycles. The first-order chi connectivity index (χ1) is 8.98. The second-order valence-corrected chi connectivity index (χ2v) is 6.26. The molecule has 0 bridgehead atoms. The number of aryl methyl sites for hydroxylation is 1. The number of fused-ring (bicyclic) bond motifs is 1. The highest BCUT2D eigenvalue weighted by atomic mass is 16.3. The fourth-order valence-electron chi connectivity index (χ4n) is 3.10. The van der Waals surface area contributed by atoms with Crippen LogP contribution in [0.5, 0.6) is 0 Å². The van der Waals surface area contributed by atoms with Gasteiger partial charge in [0.1, 0.15) is 0 Å². The largest absolute Gasteiger partial charge is 0.388 e. The number of nitrogens with zero attached hydrogens (tertiary/aromatic N) is 2. The highest BCUT2D eigenvalue weighted by molar-refractivity contribution is 5.65. The zero-order valence-corrected chi connectivity index (χ0v) is 11.7. The van der Waals surface area contributed by atoms with Crippen LogP contribution in [0.25, 0.3) is 11.3 Å². The van der Waals surface area contributed by atoms with Crippen molar-refractivity contribution in [2.45, 2.75) is 32.8 Å². The Balaban J connectivity index is 2.16. The minimum Gasteiger partial charge on any atom is -0.388 e. The summed E-state index contributed by atoms with van der Waals surface area (Å²) in [4.78, 5) is 0. The van der Waals surface area contributed by atoms with Crippen LogP contribution in [0.4, 0.5) is 0 Å². The summed E-state index contributed by atoms with van der Waals surface area (Å²) in [7, 11) is 1.97. The molecule has 2 aromatic rings. The fraction of sp³-hybridized carbons (Fsp3) is 0.438. The molecule has 3 nitrogen and oxygen atoms in total. The van der Waals surface area contributed by atoms with Crippen molar-refractivity contribution in [2.75, 3.05) is 0 Å². The molecule has 0 spiro atoms. The number of rotatable bonds is 1. The Hall–Kier alpha value is -1.61. The van der Waals surface area contributed by atoms with E-state index in [4.69, 9.17) is 0 Å². The van der Waals surface area contributed by atoms with Crippen molar-refractivity contribution in [3.05, 3.63) is 41.6 Å². The van der Waals surface area contributed by atoms with Gasteiger partial charge in [-0.05, 0) is 18.3 Å². The molecule has 1 heterocycles. The number of benzene rings is 1. The number of hydrogen-bond acceptors (Lipinski definition) is 2. The van der Waals surface area contributed by atoms with Crippen LogP contribution in [0.3, 0.4) is 0 Å². The van der Waals surface area contributed by atoms with Crippen LogP contribution in [0, 0.1) is 5.41 Å². The molecule has 1 aliphatic rings. The van der Waals surface area contributed by atoms with Gasteiger partial charge in [-0.1, -0.05) is 44.2 Å². The van der Waals surface area contributed by atoms with E-state index in [1.165, 1.54) is 5.69 Å². The van der Waals surface area contributed by atoms with Gasteiger partial charge in [0.05, 0.1) is 11.8 Å². The summed E-state index contributed by atoms with van der Waals surface area (Å²) in [5.41, 5.74) is 4.34. The molecule has 0 fully saturated rings. The summed E-state index contributed by atoms with van der Waals surface area (Å²) < 4.78 is 1.93. The van der Waals surface area contributed by atoms with Gasteiger partial charge in [0.25, 0.3) is 0 Å². The average Bonchev–Trinajstić information content (AvgIpc) is 2.67. The third kappa shape index (κ3) is 2.08. The third-order valence-electron chi connectivity index (χ3n) is 3.98. The molecule has 0 amide bonds. The predicted octanol–water partition coefficient (Wildman–Crippen LogP) is 3.09. The van der Waals surface area contributed by atoms with Gasteiger partial charge >= 0.3 is 0 Å². The Labute approximate surface area is 113 Å². The monoisotopic (exact) mass is 256 g/mol. The smallest absolute Gasteiger partial charge is 0.0984 e. The van der Waals surface area contributed by atoms with Crippen LogP contribution in [0.15, 0.2) is 30.3 Å². The van der Waals surface area contributed by atoms with E-state index in [-0.39, 0.29) is 5.41 Å². The second-order valence-electron chi connectivity index (χ2n) is 6.26. The van der Waals surface area contributed by atoms with E-state index in [0.29, 0.717) is 0 Å². The van der Waals surface area contributed by atoms with Crippen LogP contribution < -0.4 is 0 Å². The van der Waals surface area contributed by atoms with Gasteiger partial charge in [-0.15, -0.1) is 0 Å². The molecule has 100 valence electrons. The summed E-state index contributed by atoms with van der Waals surface area (Å²) in [6.07, 6.45) is 1.35. The number of aromatic nitrogens is 2. The predicted molar refractivity (Wildman–Crippen MR) is 75.7 cm³/mol. The Morgan fingerprint density at radius 1 is 1.26 bits per heavy atom. The second kappa shape index (κ2) is 4.20. The summed E-state index contributed by atoms with van der Waals surface area (Å²) in [5, 5.41) is 15.1. The number of hydrogen-bond donors (Lipinski definition) is 1. The summed E-state index contributed by atoms with van der Waals surface area (Å²) in [6.45, 7) is 4.41. The lowest BCUT2D eigenvalue weighted by atomic mass is 9.74. The van der Waals surface area contributed by atoms with E-state index in [1.54, 1.807) is 0 Å². The molecule has 19 heavy (non-hydrogen) atoms. The van der Waals surface area contributed by atoms with Gasteiger partial charge in [0.2, 0.25) is 0 Å². The van der Waals surface area contributed by atoms with E-state index >= 15 is 0 Å². The molecule has 1 N–H and O–H groups in total. The van der Waals surface area contributed by atoms with Gasteiger partial charge in [-0.3, -0.25) is 4.68 Å². The lowest BCUT2D eigenvalue weighted by molar-refractivity contribution is 0.0987. The molecule has 1 unspecified atom stereocenters. The van der Waals surface area contributed by atoms with Crippen LogP contribution in [0.1, 0.15) is 37.6 Å². The van der Waals surface area contributed by atoms with Crippen molar-refractivity contribution in [2.24, 2.45) is 12.5 Å². The van der Waals surface area contributed by atoms with Gasteiger partial charge < -0.3 is 5.11 Å². The van der Waals surface area contributed by atoms with Gasteiger partial charge in [0, 0.05) is 23.9 Å². The first kappa shape index (κ1) is 12.4. The van der Waals surface area contributed by atoms with Gasteiger partial charge in [-0.2, -0.15) is 5.10 Å². The Morgan fingerprint density at radius 3 is 2.63 bits per heavy atom. The van der Waals surface area contributed by atoms with E-state index in [9.17, 15) is 5.11 Å². The number of aliphatic hydroxyl groups is 1. The molecule has 0 aliphatic heterocycles. The summed E-state index contributed by atoms with van der Waals surface area (Å²) in [6, 6.07) is 10.1. The van der Waals surface area contributed by atoms with Crippen molar-refractivity contribution < 1.29 is 5.11 Å². The van der Waals surface area contributed by atoms with Crippen molar-refractivity contribution in [1.82, 2.24) is 9.78 Å². The maximum absolute atomic E-state index is 10.5. The van der Waals surface area contributed by atoms with Crippen LogP contribution in [-0.4, -0.2) is 14.9 Å². The van der Waals surface area contributed by atoms with E-state index in [0.717, 1.165) is 29.7 Å². The average molecular weight is 256 g/mol. The summed E-state index contributed by atoms with van der Waals surface area (Å²) in [5.74, 6) is 0. The molecule has 1 aromatic heterocycles. The topological polar surface area (TPSA) is 38.0 Å². The van der Waals surface area contributed by atoms with Crippen molar-refractivity contribution in [3.8, 4) is 11.3 Å². The fourth-order valence-corrected chi connectivity index (χ4v) is 3.10. The quantitative estimate of drug-likeness (QED) is 0.851. The third-order valence-corrected chi connectivity index (χ3v) is 3.98. The van der Waals surface area contributed by atoms with E-state index in [2.05, 4.69) is 31.1 Å². The minimum atomic E-state index is -0.414. The molecule has 0 saturated carbocycles. The maximum atomic E-state index is 10.5. The standard InChI is InChI=1S/C16H20N2O/c1-16(2)9-12-14(13(19)10-16)15(17-18(12)3)11-7-5-4-6-8-11/h4-8,13,19H,9-10H2,1-3H3. The zero-order chi connectivity index (χ0) is 13.6. The SMILES string of the molecule is Cn1nc(-c2ccccc2)c2c1CC(C)(C)CC2O. The highest BCUT2D eigenvalue weighted by Crippen LogP contribution is 2.44. The molecule has 1 atom stereocenters. The Bertz CT molecular complexity index is 599. The maximum Gasteiger partial charge on any atom is 0.0984 e. The Morgan fingerprint density at radius 2 is 1.95 bits per heavy atom. The molecule has 0 saturated heterocycles. The van der Waals surface area contributed by atoms with E-state index < -0.39 is 6.10 Å². The zero-order valence-electron chi connectivity index (χ0n) is 11.7. The lowest BCUT2D eigenvalue weighted by Gasteiger charge is -2.33. The minimum absolute atomic E-state index is 0.133. The van der Waals surface area contributed by atoms with Gasteiger partial charge in [-0.25, -0.2) is 0 Å². The highest BCUT2D eigenvalue weighted by Gasteiger charge is 2.36. The molecule has 0 radical (unpaired) electrons. The van der Waals surface area contributed by atoms with Crippen LogP contribution in [-0.2, 0) is 13.5 Å². The lowest BCUT2D eigenvalue weighted by Crippen LogP contribution is -2.26. The first-order valence-corrected chi connectivity index (χ1v) is 6.77. The first-order valence-electron chi connectivity index (χ1n) is 6.77. The number of aliphatic hydroxyl groups excluding tert-OH is 1. The normalized spacial score (nSPS) is 21.2. The molecule has 3 rings (SSSR count).